The highest BCUT2D eigenvalue weighted by molar-refractivity contribution is 5.13. The van der Waals surface area contributed by atoms with Gasteiger partial charge in [0.25, 0.3) is 0 Å². The van der Waals surface area contributed by atoms with Crippen molar-refractivity contribution in [2.24, 2.45) is 16.7 Å². The number of hydrogen-bond donors (Lipinski definition) is 1. The number of nitrogens with one attached hydrogen (secondary N) is 1. The first-order chi connectivity index (χ1) is 7.04. The van der Waals surface area contributed by atoms with Crippen LogP contribution in [0.15, 0.2) is 0 Å². The van der Waals surface area contributed by atoms with E-state index in [0.29, 0.717) is 16.9 Å². The van der Waals surface area contributed by atoms with Gasteiger partial charge in [0, 0.05) is 6.04 Å². The molecule has 2 heteroatoms. The van der Waals surface area contributed by atoms with Gasteiger partial charge in [0.1, 0.15) is 0 Å². The van der Waals surface area contributed by atoms with Crippen molar-refractivity contribution in [3.8, 4) is 0 Å². The van der Waals surface area contributed by atoms with E-state index >= 15 is 0 Å². The van der Waals surface area contributed by atoms with E-state index < -0.39 is 0 Å². The summed E-state index contributed by atoms with van der Waals surface area (Å²) in [6.45, 7) is 9.31. The average Bonchev–Trinajstić information content (AvgIpc) is 2.43. The standard InChI is InChI=1S/C13H23NO/c1-12(2)9-4-5-13(12,3)11(6-9)14-10-7-15-8-10/h9-11,14H,4-8H2,1-3H3. The summed E-state index contributed by atoms with van der Waals surface area (Å²) < 4.78 is 5.25. The van der Waals surface area contributed by atoms with Crippen LogP contribution in [0, 0.1) is 16.7 Å². The maximum Gasteiger partial charge on any atom is 0.0643 e. The molecule has 2 bridgehead atoms. The van der Waals surface area contributed by atoms with Crippen LogP contribution in [0.25, 0.3) is 0 Å². The smallest absolute Gasteiger partial charge is 0.0643 e. The minimum absolute atomic E-state index is 0.521. The molecule has 3 aliphatic rings. The van der Waals surface area contributed by atoms with Crippen molar-refractivity contribution in [2.75, 3.05) is 13.2 Å². The number of hydrogen-bond acceptors (Lipinski definition) is 2. The van der Waals surface area contributed by atoms with Crippen LogP contribution < -0.4 is 5.32 Å². The molecule has 1 saturated heterocycles. The summed E-state index contributed by atoms with van der Waals surface area (Å²) in [5, 5.41) is 3.82. The zero-order valence-electron chi connectivity index (χ0n) is 10.2. The molecule has 2 nitrogen and oxygen atoms in total. The Kier molecular flexibility index (Phi) is 2.01. The Morgan fingerprint density at radius 3 is 2.33 bits per heavy atom. The van der Waals surface area contributed by atoms with Crippen LogP contribution in [0.2, 0.25) is 0 Å². The molecule has 3 fully saturated rings. The Bertz CT molecular complexity index is 272. The van der Waals surface area contributed by atoms with Crippen LogP contribution in [-0.2, 0) is 4.74 Å². The summed E-state index contributed by atoms with van der Waals surface area (Å²) in [4.78, 5) is 0. The largest absolute Gasteiger partial charge is 0.378 e. The highest BCUT2D eigenvalue weighted by Crippen LogP contribution is 2.65. The lowest BCUT2D eigenvalue weighted by molar-refractivity contribution is -0.0212. The van der Waals surface area contributed by atoms with Crippen molar-refractivity contribution in [1.82, 2.24) is 5.32 Å². The molecule has 15 heavy (non-hydrogen) atoms. The van der Waals surface area contributed by atoms with Gasteiger partial charge in [-0.15, -0.1) is 0 Å². The van der Waals surface area contributed by atoms with E-state index in [0.717, 1.165) is 25.2 Å². The number of fused-ring (bicyclic) bond motifs is 2. The van der Waals surface area contributed by atoms with Crippen LogP contribution >= 0.6 is 0 Å². The highest BCUT2D eigenvalue weighted by Gasteiger charge is 2.61. The molecule has 0 amide bonds. The maximum atomic E-state index is 5.25. The van der Waals surface area contributed by atoms with Crippen molar-refractivity contribution >= 4 is 0 Å². The molecule has 0 aromatic carbocycles. The Morgan fingerprint density at radius 1 is 1.20 bits per heavy atom. The molecule has 3 unspecified atom stereocenters. The monoisotopic (exact) mass is 209 g/mol. The SMILES string of the molecule is CC1(C)C2CCC1(C)C(NC1COC1)C2. The molecule has 2 saturated carbocycles. The van der Waals surface area contributed by atoms with E-state index in [1.165, 1.54) is 19.3 Å². The first-order valence-electron chi connectivity index (χ1n) is 6.38. The van der Waals surface area contributed by atoms with Gasteiger partial charge in [0.15, 0.2) is 0 Å². The molecule has 0 aromatic heterocycles. The van der Waals surface area contributed by atoms with E-state index in [9.17, 15) is 0 Å². The lowest BCUT2D eigenvalue weighted by atomic mass is 9.69. The van der Waals surface area contributed by atoms with Gasteiger partial charge >= 0.3 is 0 Å². The van der Waals surface area contributed by atoms with Crippen molar-refractivity contribution in [3.05, 3.63) is 0 Å². The Morgan fingerprint density at radius 2 is 1.93 bits per heavy atom. The van der Waals surface area contributed by atoms with Crippen LogP contribution in [0.3, 0.4) is 0 Å². The van der Waals surface area contributed by atoms with E-state index in [4.69, 9.17) is 4.74 Å². The normalized spacial score (nSPS) is 48.2. The molecule has 1 N–H and O–H groups in total. The average molecular weight is 209 g/mol. The predicted octanol–water partition coefficient (Wildman–Crippen LogP) is 2.19. The number of rotatable bonds is 2. The highest BCUT2D eigenvalue weighted by atomic mass is 16.5. The molecule has 3 rings (SSSR count). The Hall–Kier alpha value is -0.0800. The van der Waals surface area contributed by atoms with Gasteiger partial charge in [-0.3, -0.25) is 0 Å². The van der Waals surface area contributed by atoms with Crippen molar-refractivity contribution in [2.45, 2.75) is 52.1 Å². The molecule has 1 heterocycles. The minimum atomic E-state index is 0.521. The fourth-order valence-electron chi connectivity index (χ4n) is 4.07. The van der Waals surface area contributed by atoms with E-state index in [-0.39, 0.29) is 0 Å². The fourth-order valence-corrected chi connectivity index (χ4v) is 4.07. The van der Waals surface area contributed by atoms with Crippen LogP contribution in [0.4, 0.5) is 0 Å². The topological polar surface area (TPSA) is 21.3 Å². The third-order valence-corrected chi connectivity index (χ3v) is 5.87. The molecular formula is C13H23NO. The molecule has 86 valence electrons. The summed E-state index contributed by atoms with van der Waals surface area (Å²) in [6.07, 6.45) is 4.25. The molecule has 0 spiro atoms. The Balaban J connectivity index is 1.76. The summed E-state index contributed by atoms with van der Waals surface area (Å²) in [7, 11) is 0. The zero-order chi connectivity index (χ0) is 10.7. The molecule has 3 atom stereocenters. The predicted molar refractivity (Wildman–Crippen MR) is 60.8 cm³/mol. The van der Waals surface area contributed by atoms with Gasteiger partial charge in [-0.25, -0.2) is 0 Å². The van der Waals surface area contributed by atoms with Gasteiger partial charge in [0.2, 0.25) is 0 Å². The second kappa shape index (κ2) is 2.98. The van der Waals surface area contributed by atoms with Crippen molar-refractivity contribution < 1.29 is 4.74 Å². The summed E-state index contributed by atoms with van der Waals surface area (Å²) in [5.74, 6) is 0.945. The van der Waals surface area contributed by atoms with Crippen LogP contribution in [-0.4, -0.2) is 25.3 Å². The minimum Gasteiger partial charge on any atom is -0.378 e. The first kappa shape index (κ1) is 10.1. The second-order valence-corrected chi connectivity index (χ2v) is 6.56. The second-order valence-electron chi connectivity index (χ2n) is 6.56. The van der Waals surface area contributed by atoms with Gasteiger partial charge in [-0.2, -0.15) is 0 Å². The summed E-state index contributed by atoms with van der Waals surface area (Å²) >= 11 is 0. The lowest BCUT2D eigenvalue weighted by Gasteiger charge is -2.42. The molecule has 0 radical (unpaired) electrons. The third kappa shape index (κ3) is 1.18. The summed E-state index contributed by atoms with van der Waals surface area (Å²) in [6, 6.07) is 1.38. The van der Waals surface area contributed by atoms with E-state index in [2.05, 4.69) is 26.1 Å². The van der Waals surface area contributed by atoms with Gasteiger partial charge < -0.3 is 10.1 Å². The lowest BCUT2D eigenvalue weighted by Crippen LogP contribution is -2.55. The number of ether oxygens (including phenoxy) is 1. The van der Waals surface area contributed by atoms with Gasteiger partial charge in [0.05, 0.1) is 19.3 Å². The maximum absolute atomic E-state index is 5.25. The van der Waals surface area contributed by atoms with E-state index in [1.54, 1.807) is 0 Å². The fraction of sp³-hybridized carbons (Fsp3) is 1.00. The molecular weight excluding hydrogens is 186 g/mol. The first-order valence-corrected chi connectivity index (χ1v) is 6.38. The Labute approximate surface area is 92.8 Å². The molecule has 1 aliphatic heterocycles. The van der Waals surface area contributed by atoms with Crippen LogP contribution in [0.1, 0.15) is 40.0 Å². The quantitative estimate of drug-likeness (QED) is 0.752. The van der Waals surface area contributed by atoms with E-state index in [1.807, 2.05) is 0 Å². The van der Waals surface area contributed by atoms with Gasteiger partial charge in [-0.05, 0) is 36.0 Å². The van der Waals surface area contributed by atoms with Gasteiger partial charge in [-0.1, -0.05) is 20.8 Å². The third-order valence-electron chi connectivity index (χ3n) is 5.87. The van der Waals surface area contributed by atoms with Crippen molar-refractivity contribution in [1.29, 1.82) is 0 Å². The summed E-state index contributed by atoms with van der Waals surface area (Å²) in [5.41, 5.74) is 1.06. The zero-order valence-corrected chi connectivity index (χ0v) is 10.2. The van der Waals surface area contributed by atoms with Crippen molar-refractivity contribution in [3.63, 3.8) is 0 Å². The van der Waals surface area contributed by atoms with Crippen LogP contribution in [0.5, 0.6) is 0 Å². The molecule has 0 aromatic rings. The molecule has 2 aliphatic carbocycles.